The lowest BCUT2D eigenvalue weighted by Crippen LogP contribution is -2.50. The van der Waals surface area contributed by atoms with Gasteiger partial charge in [-0.1, -0.05) is 6.42 Å². The van der Waals surface area contributed by atoms with Gasteiger partial charge < -0.3 is 15.7 Å². The second kappa shape index (κ2) is 4.55. The van der Waals surface area contributed by atoms with Gasteiger partial charge in [-0.15, -0.1) is 0 Å². The molecule has 17 heavy (non-hydrogen) atoms. The summed E-state index contributed by atoms with van der Waals surface area (Å²) in [6.07, 6.45) is 4.62. The monoisotopic (exact) mass is 240 g/mol. The second-order valence-electron chi connectivity index (χ2n) is 5.47. The third kappa shape index (κ3) is 2.70. The van der Waals surface area contributed by atoms with Crippen LogP contribution in [0.1, 0.15) is 39.0 Å². The van der Waals surface area contributed by atoms with Gasteiger partial charge in [-0.25, -0.2) is 4.79 Å². The zero-order valence-corrected chi connectivity index (χ0v) is 10.2. The minimum absolute atomic E-state index is 0.226. The molecule has 2 atom stereocenters. The van der Waals surface area contributed by atoms with Gasteiger partial charge in [0.15, 0.2) is 0 Å². The largest absolute Gasteiger partial charge is 0.481 e. The van der Waals surface area contributed by atoms with Crippen LogP contribution in [0.3, 0.4) is 0 Å². The number of nitrogens with one attached hydrogen (secondary N) is 2. The standard InChI is InChI=1S/C12H20N2O3/c1-12(10(15)16)6-2-3-9(12)14-11(17)13-7-8-4-5-8/h8-9H,2-7H2,1H3,(H,15,16)(H2,13,14,17). The molecule has 0 bridgehead atoms. The van der Waals surface area contributed by atoms with Crippen molar-refractivity contribution in [1.82, 2.24) is 10.6 Å². The Bertz CT molecular complexity index is 328. The van der Waals surface area contributed by atoms with Gasteiger partial charge >= 0.3 is 12.0 Å². The molecule has 2 rings (SSSR count). The lowest BCUT2D eigenvalue weighted by Gasteiger charge is -2.27. The number of carbonyl (C=O) groups excluding carboxylic acids is 1. The molecule has 2 amide bonds. The molecular weight excluding hydrogens is 220 g/mol. The molecule has 0 spiro atoms. The van der Waals surface area contributed by atoms with Crippen molar-refractivity contribution in [2.75, 3.05) is 6.54 Å². The van der Waals surface area contributed by atoms with Crippen LogP contribution in [0, 0.1) is 11.3 Å². The summed E-state index contributed by atoms with van der Waals surface area (Å²) in [7, 11) is 0. The van der Waals surface area contributed by atoms with Crippen molar-refractivity contribution in [3.8, 4) is 0 Å². The molecule has 0 aromatic carbocycles. The van der Waals surface area contributed by atoms with E-state index in [0.29, 0.717) is 18.9 Å². The summed E-state index contributed by atoms with van der Waals surface area (Å²) < 4.78 is 0. The van der Waals surface area contributed by atoms with Crippen molar-refractivity contribution in [1.29, 1.82) is 0 Å². The predicted octanol–water partition coefficient (Wildman–Crippen LogP) is 1.34. The highest BCUT2D eigenvalue weighted by atomic mass is 16.4. The van der Waals surface area contributed by atoms with E-state index in [-0.39, 0.29) is 12.1 Å². The first-order valence-corrected chi connectivity index (χ1v) is 6.30. The number of carboxylic acids is 1. The average Bonchev–Trinajstić information content (AvgIpc) is 3.02. The normalized spacial score (nSPS) is 32.2. The Morgan fingerprint density at radius 3 is 2.65 bits per heavy atom. The van der Waals surface area contributed by atoms with Crippen molar-refractivity contribution in [3.63, 3.8) is 0 Å². The summed E-state index contributed by atoms with van der Waals surface area (Å²) >= 11 is 0. The highest BCUT2D eigenvalue weighted by Crippen LogP contribution is 2.38. The fraction of sp³-hybridized carbons (Fsp3) is 0.833. The van der Waals surface area contributed by atoms with Gasteiger partial charge in [-0.3, -0.25) is 4.79 Å². The van der Waals surface area contributed by atoms with Crippen LogP contribution in [0.15, 0.2) is 0 Å². The van der Waals surface area contributed by atoms with E-state index < -0.39 is 11.4 Å². The van der Waals surface area contributed by atoms with Crippen LogP contribution in [0.4, 0.5) is 4.79 Å². The quantitative estimate of drug-likeness (QED) is 0.694. The molecule has 0 heterocycles. The van der Waals surface area contributed by atoms with Crippen molar-refractivity contribution in [2.24, 2.45) is 11.3 Å². The topological polar surface area (TPSA) is 78.4 Å². The number of amides is 2. The number of hydrogen-bond acceptors (Lipinski definition) is 2. The maximum atomic E-state index is 11.6. The van der Waals surface area contributed by atoms with E-state index in [1.807, 2.05) is 0 Å². The van der Waals surface area contributed by atoms with Crippen LogP contribution in [0.25, 0.3) is 0 Å². The molecule has 0 aromatic rings. The molecule has 0 saturated heterocycles. The van der Waals surface area contributed by atoms with Crippen LogP contribution >= 0.6 is 0 Å². The SMILES string of the molecule is CC1(C(=O)O)CCCC1NC(=O)NCC1CC1. The van der Waals surface area contributed by atoms with Gasteiger partial charge in [-0.2, -0.15) is 0 Å². The Morgan fingerprint density at radius 1 is 1.35 bits per heavy atom. The van der Waals surface area contributed by atoms with E-state index in [4.69, 9.17) is 0 Å². The average molecular weight is 240 g/mol. The minimum atomic E-state index is -0.817. The Labute approximate surface area is 101 Å². The summed E-state index contributed by atoms with van der Waals surface area (Å²) in [6, 6.07) is -0.476. The van der Waals surface area contributed by atoms with Gasteiger partial charge in [0, 0.05) is 12.6 Å². The second-order valence-corrected chi connectivity index (χ2v) is 5.47. The molecule has 96 valence electrons. The zero-order chi connectivity index (χ0) is 12.5. The predicted molar refractivity (Wildman–Crippen MR) is 62.6 cm³/mol. The number of hydrogen-bond donors (Lipinski definition) is 3. The van der Waals surface area contributed by atoms with E-state index in [9.17, 15) is 14.7 Å². The lowest BCUT2D eigenvalue weighted by molar-refractivity contribution is -0.148. The molecule has 2 fully saturated rings. The van der Waals surface area contributed by atoms with Crippen molar-refractivity contribution >= 4 is 12.0 Å². The van der Waals surface area contributed by atoms with E-state index in [2.05, 4.69) is 10.6 Å². The molecule has 0 aromatic heterocycles. The number of carbonyl (C=O) groups is 2. The van der Waals surface area contributed by atoms with Crippen molar-refractivity contribution in [2.45, 2.75) is 45.1 Å². The zero-order valence-electron chi connectivity index (χ0n) is 10.2. The van der Waals surface area contributed by atoms with Crippen molar-refractivity contribution in [3.05, 3.63) is 0 Å². The molecule has 2 unspecified atom stereocenters. The first-order chi connectivity index (χ1) is 8.02. The minimum Gasteiger partial charge on any atom is -0.481 e. The first kappa shape index (κ1) is 12.2. The van der Waals surface area contributed by atoms with E-state index in [0.717, 1.165) is 12.8 Å². The summed E-state index contributed by atoms with van der Waals surface area (Å²) in [5, 5.41) is 14.8. The Kier molecular flexibility index (Phi) is 3.26. The molecule has 2 aliphatic carbocycles. The highest BCUT2D eigenvalue weighted by Gasteiger charge is 2.45. The smallest absolute Gasteiger partial charge is 0.315 e. The van der Waals surface area contributed by atoms with E-state index in [1.54, 1.807) is 6.92 Å². The third-order valence-electron chi connectivity index (χ3n) is 4.00. The molecule has 2 saturated carbocycles. The van der Waals surface area contributed by atoms with Gasteiger partial charge in [0.2, 0.25) is 0 Å². The fourth-order valence-electron chi connectivity index (χ4n) is 2.42. The van der Waals surface area contributed by atoms with E-state index in [1.165, 1.54) is 12.8 Å². The third-order valence-corrected chi connectivity index (χ3v) is 4.00. The number of aliphatic carboxylic acids is 1. The van der Waals surface area contributed by atoms with E-state index >= 15 is 0 Å². The first-order valence-electron chi connectivity index (χ1n) is 6.30. The Morgan fingerprint density at radius 2 is 2.06 bits per heavy atom. The molecule has 3 N–H and O–H groups in total. The maximum Gasteiger partial charge on any atom is 0.315 e. The van der Waals surface area contributed by atoms with Gasteiger partial charge in [0.25, 0.3) is 0 Å². The van der Waals surface area contributed by atoms with Gasteiger partial charge in [-0.05, 0) is 38.5 Å². The van der Waals surface area contributed by atoms with Gasteiger partial charge in [0.05, 0.1) is 5.41 Å². The summed E-state index contributed by atoms with van der Waals surface area (Å²) in [6.45, 7) is 2.43. The molecule has 2 aliphatic rings. The molecular formula is C12H20N2O3. The maximum absolute atomic E-state index is 11.6. The molecule has 5 heteroatoms. The Balaban J connectivity index is 1.83. The number of urea groups is 1. The molecule has 0 radical (unpaired) electrons. The van der Waals surface area contributed by atoms with Crippen LogP contribution in [0.2, 0.25) is 0 Å². The summed E-state index contributed by atoms with van der Waals surface area (Å²) in [5.74, 6) is -0.183. The summed E-state index contributed by atoms with van der Waals surface area (Å²) in [5.41, 5.74) is -0.809. The fourth-order valence-corrected chi connectivity index (χ4v) is 2.42. The van der Waals surface area contributed by atoms with Crippen LogP contribution < -0.4 is 10.6 Å². The molecule has 0 aliphatic heterocycles. The number of rotatable bonds is 4. The van der Waals surface area contributed by atoms with Gasteiger partial charge in [0.1, 0.15) is 0 Å². The lowest BCUT2D eigenvalue weighted by atomic mass is 9.85. The van der Waals surface area contributed by atoms with Crippen LogP contribution in [-0.4, -0.2) is 29.7 Å². The number of carboxylic acid groups (broad SMARTS) is 1. The van der Waals surface area contributed by atoms with Crippen LogP contribution in [-0.2, 0) is 4.79 Å². The van der Waals surface area contributed by atoms with Crippen LogP contribution in [0.5, 0.6) is 0 Å². The summed E-state index contributed by atoms with van der Waals surface area (Å²) in [4.78, 5) is 22.8. The Hall–Kier alpha value is -1.26. The highest BCUT2D eigenvalue weighted by molar-refractivity contribution is 5.79. The molecule has 5 nitrogen and oxygen atoms in total. The van der Waals surface area contributed by atoms with Crippen molar-refractivity contribution < 1.29 is 14.7 Å².